The molecule has 0 bridgehead atoms. The molecule has 2 aromatic rings. The molecule has 2 N–H and O–H groups in total. The highest BCUT2D eigenvalue weighted by molar-refractivity contribution is 14.1. The van der Waals surface area contributed by atoms with E-state index in [0.29, 0.717) is 17.0 Å². The minimum Gasteiger partial charge on any atom is -0.423 e. The number of carbonyl (C=O) groups is 1. The first kappa shape index (κ1) is 15.3. The Bertz CT molecular complexity index is 627. The Kier molecular flexibility index (Phi) is 5.29. The van der Waals surface area contributed by atoms with Gasteiger partial charge in [0.2, 0.25) is 0 Å². The molecule has 0 spiro atoms. The van der Waals surface area contributed by atoms with Crippen molar-refractivity contribution < 1.29 is 9.53 Å². The van der Waals surface area contributed by atoms with Gasteiger partial charge in [0.25, 0.3) is 0 Å². The van der Waals surface area contributed by atoms with E-state index >= 15 is 0 Å². The second-order valence-electron chi connectivity index (χ2n) is 3.71. The molecule has 98 valence electrons. The van der Waals surface area contributed by atoms with Crippen molar-refractivity contribution >= 4 is 79.4 Å². The van der Waals surface area contributed by atoms with Gasteiger partial charge in [-0.05, 0) is 104 Å². The van der Waals surface area contributed by atoms with Gasteiger partial charge in [-0.1, -0.05) is 0 Å². The fourth-order valence-corrected chi connectivity index (χ4v) is 3.78. The Labute approximate surface area is 151 Å². The Hall–Kier alpha value is -0.100. The van der Waals surface area contributed by atoms with Gasteiger partial charge in [-0.3, -0.25) is 0 Å². The number of carbonyl (C=O) groups excluding carboxylic acids is 1. The summed E-state index contributed by atoms with van der Waals surface area (Å²) in [4.78, 5) is 12.2. The van der Waals surface area contributed by atoms with E-state index in [-0.39, 0.29) is 5.97 Å². The summed E-state index contributed by atoms with van der Waals surface area (Å²) >= 11 is 6.54. The fourth-order valence-electron chi connectivity index (χ4n) is 1.40. The molecule has 0 atom stereocenters. The molecule has 0 amide bonds. The zero-order valence-electron chi connectivity index (χ0n) is 9.49. The summed E-state index contributed by atoms with van der Waals surface area (Å²) < 4.78 is 8.28. The maximum absolute atomic E-state index is 12.2. The van der Waals surface area contributed by atoms with Crippen LogP contribution in [0.15, 0.2) is 36.4 Å². The topological polar surface area (TPSA) is 52.3 Å². The van der Waals surface area contributed by atoms with Crippen molar-refractivity contribution in [1.29, 1.82) is 0 Å². The highest BCUT2D eigenvalue weighted by Gasteiger charge is 2.15. The lowest BCUT2D eigenvalue weighted by Crippen LogP contribution is -2.11. The third-order valence-corrected chi connectivity index (χ3v) is 5.97. The van der Waals surface area contributed by atoms with Crippen LogP contribution in [0.1, 0.15) is 10.4 Å². The minimum atomic E-state index is -0.356. The average Bonchev–Trinajstić information content (AvgIpc) is 2.36. The van der Waals surface area contributed by atoms with E-state index in [1.54, 1.807) is 24.3 Å². The molecule has 19 heavy (non-hydrogen) atoms. The molecule has 0 aliphatic carbocycles. The van der Waals surface area contributed by atoms with Crippen LogP contribution in [0.3, 0.4) is 0 Å². The van der Waals surface area contributed by atoms with Gasteiger partial charge in [0.1, 0.15) is 5.75 Å². The molecule has 2 rings (SSSR count). The summed E-state index contributed by atoms with van der Waals surface area (Å²) in [7, 11) is 0. The number of hydrogen-bond acceptors (Lipinski definition) is 3. The smallest absolute Gasteiger partial charge is 0.344 e. The van der Waals surface area contributed by atoms with E-state index in [2.05, 4.69) is 67.8 Å². The van der Waals surface area contributed by atoms with Crippen molar-refractivity contribution in [2.24, 2.45) is 0 Å². The molecule has 2 aromatic carbocycles. The standard InChI is InChI=1S/C13H8I3NO2/c14-7-5-10(12(16)11(15)6-7)13(18)19-9-3-1-8(17)2-4-9/h1-6H,17H2. The number of esters is 1. The van der Waals surface area contributed by atoms with Crippen LogP contribution in [0.4, 0.5) is 5.69 Å². The number of rotatable bonds is 2. The third-order valence-electron chi connectivity index (χ3n) is 2.30. The molecule has 0 aliphatic rings. The maximum Gasteiger partial charge on any atom is 0.344 e. The predicted molar refractivity (Wildman–Crippen MR) is 100 cm³/mol. The highest BCUT2D eigenvalue weighted by Crippen LogP contribution is 2.24. The number of nitrogens with two attached hydrogens (primary N) is 1. The normalized spacial score (nSPS) is 10.3. The summed E-state index contributed by atoms with van der Waals surface area (Å²) in [5.74, 6) is 0.134. The Balaban J connectivity index is 2.27. The molecule has 0 saturated heterocycles. The number of nitrogen functional groups attached to an aromatic ring is 1. The van der Waals surface area contributed by atoms with Gasteiger partial charge in [0.05, 0.1) is 5.56 Å². The number of benzene rings is 2. The van der Waals surface area contributed by atoms with Crippen LogP contribution in [0.2, 0.25) is 0 Å². The van der Waals surface area contributed by atoms with Gasteiger partial charge in [0.15, 0.2) is 0 Å². The number of hydrogen-bond donors (Lipinski definition) is 1. The van der Waals surface area contributed by atoms with Crippen molar-refractivity contribution in [2.75, 3.05) is 5.73 Å². The van der Waals surface area contributed by atoms with E-state index in [4.69, 9.17) is 10.5 Å². The first-order valence-corrected chi connectivity index (χ1v) is 8.43. The van der Waals surface area contributed by atoms with Gasteiger partial charge in [-0.25, -0.2) is 4.79 Å². The van der Waals surface area contributed by atoms with Crippen LogP contribution in [0.25, 0.3) is 0 Å². The van der Waals surface area contributed by atoms with Crippen molar-refractivity contribution in [2.45, 2.75) is 0 Å². The quantitative estimate of drug-likeness (QED) is 0.187. The first-order valence-electron chi connectivity index (χ1n) is 5.19. The van der Waals surface area contributed by atoms with Gasteiger partial charge in [-0.2, -0.15) is 0 Å². The SMILES string of the molecule is Nc1ccc(OC(=O)c2cc(I)cc(I)c2I)cc1. The molecule has 0 fully saturated rings. The van der Waals surface area contributed by atoms with Crippen molar-refractivity contribution in [1.82, 2.24) is 0 Å². The molecule has 0 aliphatic heterocycles. The second-order valence-corrected chi connectivity index (χ2v) is 7.19. The summed E-state index contributed by atoms with van der Waals surface area (Å²) in [6.45, 7) is 0. The van der Waals surface area contributed by atoms with Gasteiger partial charge in [0, 0.05) is 16.4 Å². The van der Waals surface area contributed by atoms with Crippen molar-refractivity contribution in [3.8, 4) is 5.75 Å². The predicted octanol–water partition coefficient (Wildman–Crippen LogP) is 4.30. The highest BCUT2D eigenvalue weighted by atomic mass is 127. The largest absolute Gasteiger partial charge is 0.423 e. The van der Waals surface area contributed by atoms with E-state index < -0.39 is 0 Å². The maximum atomic E-state index is 12.2. The summed E-state index contributed by atoms with van der Waals surface area (Å²) in [6.07, 6.45) is 0. The third kappa shape index (κ3) is 3.94. The Morgan fingerprint density at radius 3 is 2.32 bits per heavy atom. The minimum absolute atomic E-state index is 0.356. The molecule has 3 nitrogen and oxygen atoms in total. The fraction of sp³-hybridized carbons (Fsp3) is 0. The van der Waals surface area contributed by atoms with E-state index in [0.717, 1.165) is 10.7 Å². The molecule has 0 aromatic heterocycles. The molecule has 0 unspecified atom stereocenters. The monoisotopic (exact) mass is 591 g/mol. The summed E-state index contributed by atoms with van der Waals surface area (Å²) in [6, 6.07) is 10.6. The van der Waals surface area contributed by atoms with Crippen LogP contribution in [0.5, 0.6) is 5.75 Å². The van der Waals surface area contributed by atoms with Gasteiger partial charge < -0.3 is 10.5 Å². The van der Waals surface area contributed by atoms with Gasteiger partial charge in [-0.15, -0.1) is 0 Å². The van der Waals surface area contributed by atoms with Gasteiger partial charge >= 0.3 is 5.97 Å². The molecule has 0 radical (unpaired) electrons. The lowest BCUT2D eigenvalue weighted by Gasteiger charge is -2.08. The number of halogens is 3. The molecule has 6 heteroatoms. The zero-order valence-corrected chi connectivity index (χ0v) is 16.0. The molecular weight excluding hydrogens is 583 g/mol. The van der Waals surface area contributed by atoms with Crippen molar-refractivity contribution in [3.63, 3.8) is 0 Å². The van der Waals surface area contributed by atoms with Crippen LogP contribution >= 0.6 is 67.8 Å². The Morgan fingerprint density at radius 2 is 1.68 bits per heavy atom. The Morgan fingerprint density at radius 1 is 1.05 bits per heavy atom. The summed E-state index contributed by atoms with van der Waals surface area (Å²) in [5.41, 5.74) is 6.80. The first-order chi connectivity index (χ1) is 8.97. The molecular formula is C13H8I3NO2. The van der Waals surface area contributed by atoms with Crippen molar-refractivity contribution in [3.05, 3.63) is 52.7 Å². The lowest BCUT2D eigenvalue weighted by molar-refractivity contribution is 0.0733. The second kappa shape index (κ2) is 6.57. The van der Waals surface area contributed by atoms with E-state index in [1.807, 2.05) is 12.1 Å². The zero-order chi connectivity index (χ0) is 14.0. The van der Waals surface area contributed by atoms with E-state index in [1.165, 1.54) is 0 Å². The van der Waals surface area contributed by atoms with E-state index in [9.17, 15) is 4.79 Å². The van der Waals surface area contributed by atoms with Crippen LogP contribution < -0.4 is 10.5 Å². The molecule has 0 heterocycles. The number of ether oxygens (including phenoxy) is 1. The lowest BCUT2D eigenvalue weighted by atomic mass is 10.2. The summed E-state index contributed by atoms with van der Waals surface area (Å²) in [5, 5.41) is 0. The number of anilines is 1. The molecule has 0 saturated carbocycles. The van der Waals surface area contributed by atoms with Crippen LogP contribution in [-0.4, -0.2) is 5.97 Å². The average molecular weight is 591 g/mol. The van der Waals surface area contributed by atoms with Crippen LogP contribution in [-0.2, 0) is 0 Å². The van der Waals surface area contributed by atoms with Crippen LogP contribution in [0, 0.1) is 10.7 Å².